The van der Waals surface area contributed by atoms with E-state index in [1.165, 1.54) is 11.0 Å². The number of carbonyl (C=O) groups is 2. The second kappa shape index (κ2) is 5.09. The number of carbonyl (C=O) groups excluding carboxylic acids is 2. The van der Waals surface area contributed by atoms with Crippen molar-refractivity contribution in [3.63, 3.8) is 0 Å². The van der Waals surface area contributed by atoms with E-state index in [9.17, 15) is 18.4 Å². The van der Waals surface area contributed by atoms with Crippen molar-refractivity contribution in [1.82, 2.24) is 10.2 Å². The first-order chi connectivity index (χ1) is 10.0. The molecule has 112 valence electrons. The monoisotopic (exact) mass is 294 g/mol. The second-order valence-corrected chi connectivity index (χ2v) is 5.64. The highest BCUT2D eigenvalue weighted by Crippen LogP contribution is 2.38. The van der Waals surface area contributed by atoms with E-state index >= 15 is 0 Å². The average Bonchev–Trinajstić information content (AvgIpc) is 2.67. The summed E-state index contributed by atoms with van der Waals surface area (Å²) in [5.41, 5.74) is -1.11. The third kappa shape index (κ3) is 2.18. The van der Waals surface area contributed by atoms with Gasteiger partial charge in [0.1, 0.15) is 17.2 Å². The number of halogens is 2. The quantitative estimate of drug-likeness (QED) is 0.853. The normalized spacial score (nSPS) is 21.0. The number of urea groups is 1. The van der Waals surface area contributed by atoms with Crippen molar-refractivity contribution in [1.29, 1.82) is 0 Å². The van der Waals surface area contributed by atoms with Crippen molar-refractivity contribution in [2.24, 2.45) is 0 Å². The van der Waals surface area contributed by atoms with Crippen LogP contribution in [0.4, 0.5) is 13.6 Å². The molecule has 1 N–H and O–H groups in total. The highest BCUT2D eigenvalue weighted by Gasteiger charge is 2.53. The summed E-state index contributed by atoms with van der Waals surface area (Å²) < 4.78 is 27.6. The van der Waals surface area contributed by atoms with E-state index in [-0.39, 0.29) is 18.0 Å². The van der Waals surface area contributed by atoms with Crippen LogP contribution >= 0.6 is 0 Å². The van der Waals surface area contributed by atoms with Gasteiger partial charge in [-0.2, -0.15) is 0 Å². The molecular formula is C15H16F2N2O2. The van der Waals surface area contributed by atoms with Crippen LogP contribution in [0.2, 0.25) is 0 Å². The highest BCUT2D eigenvalue weighted by molar-refractivity contribution is 6.07. The van der Waals surface area contributed by atoms with Crippen LogP contribution in [-0.4, -0.2) is 22.4 Å². The van der Waals surface area contributed by atoms with E-state index in [1.54, 1.807) is 0 Å². The van der Waals surface area contributed by atoms with E-state index in [4.69, 9.17) is 0 Å². The van der Waals surface area contributed by atoms with Gasteiger partial charge in [-0.05, 0) is 25.0 Å². The van der Waals surface area contributed by atoms with Crippen molar-refractivity contribution >= 4 is 11.9 Å². The summed E-state index contributed by atoms with van der Waals surface area (Å²) in [6, 6.07) is 3.02. The lowest BCUT2D eigenvalue weighted by atomic mass is 9.80. The van der Waals surface area contributed by atoms with Gasteiger partial charge in [-0.15, -0.1) is 0 Å². The molecule has 0 bridgehead atoms. The number of rotatable bonds is 2. The fraction of sp³-hybridized carbons (Fsp3) is 0.467. The summed E-state index contributed by atoms with van der Waals surface area (Å²) in [6.45, 7) is -0.226. The highest BCUT2D eigenvalue weighted by atomic mass is 19.1. The van der Waals surface area contributed by atoms with E-state index in [1.807, 2.05) is 0 Å². The molecule has 1 saturated heterocycles. The molecule has 2 fully saturated rings. The maximum absolute atomic E-state index is 13.8. The number of benzene rings is 1. The van der Waals surface area contributed by atoms with E-state index in [0.717, 1.165) is 31.4 Å². The standard InChI is InChI=1S/C15H16F2N2O2/c16-11-5-4-6-12(17)10(11)9-19-14(21)18-13(20)15(19)7-2-1-3-8-15/h4-6H,1-3,7-9H2,(H,18,20,21). The molecule has 6 heteroatoms. The van der Waals surface area contributed by atoms with Gasteiger partial charge in [0.15, 0.2) is 0 Å². The zero-order chi connectivity index (χ0) is 15.0. The smallest absolute Gasteiger partial charge is 0.305 e. The van der Waals surface area contributed by atoms with Crippen molar-refractivity contribution in [3.05, 3.63) is 35.4 Å². The first kappa shape index (κ1) is 14.0. The van der Waals surface area contributed by atoms with Gasteiger partial charge >= 0.3 is 6.03 Å². The summed E-state index contributed by atoms with van der Waals surface area (Å²) in [5, 5.41) is 2.29. The third-order valence-corrected chi connectivity index (χ3v) is 4.46. The summed E-state index contributed by atoms with van der Waals surface area (Å²) in [5.74, 6) is -1.75. The maximum atomic E-state index is 13.8. The number of nitrogens with zero attached hydrogens (tertiary/aromatic N) is 1. The van der Waals surface area contributed by atoms with Crippen molar-refractivity contribution in [3.8, 4) is 0 Å². The SMILES string of the molecule is O=C1NC(=O)C2(CCCCC2)N1Cc1c(F)cccc1F. The van der Waals surface area contributed by atoms with Gasteiger partial charge in [0.2, 0.25) is 0 Å². The third-order valence-electron chi connectivity index (χ3n) is 4.46. The molecule has 4 nitrogen and oxygen atoms in total. The van der Waals surface area contributed by atoms with E-state index in [2.05, 4.69) is 5.32 Å². The van der Waals surface area contributed by atoms with Crippen LogP contribution in [0.3, 0.4) is 0 Å². The topological polar surface area (TPSA) is 49.4 Å². The summed E-state index contributed by atoms with van der Waals surface area (Å²) in [4.78, 5) is 25.5. The van der Waals surface area contributed by atoms with Crippen LogP contribution in [0.25, 0.3) is 0 Å². The molecule has 1 aliphatic carbocycles. The molecule has 1 heterocycles. The Labute approximate surface area is 121 Å². The van der Waals surface area contributed by atoms with Crippen molar-refractivity contribution < 1.29 is 18.4 Å². The number of hydrogen-bond donors (Lipinski definition) is 1. The molecular weight excluding hydrogens is 278 g/mol. The Morgan fingerprint density at radius 1 is 1.10 bits per heavy atom. The minimum absolute atomic E-state index is 0.174. The van der Waals surface area contributed by atoms with Gasteiger partial charge in [0.05, 0.1) is 6.54 Å². The lowest BCUT2D eigenvalue weighted by Gasteiger charge is -2.38. The molecule has 0 unspecified atom stereocenters. The lowest BCUT2D eigenvalue weighted by Crippen LogP contribution is -2.50. The molecule has 2 aliphatic rings. The Morgan fingerprint density at radius 3 is 2.33 bits per heavy atom. The molecule has 0 radical (unpaired) electrons. The molecule has 0 aromatic heterocycles. The molecule has 1 aliphatic heterocycles. The number of nitrogens with one attached hydrogen (secondary N) is 1. The largest absolute Gasteiger partial charge is 0.325 e. The maximum Gasteiger partial charge on any atom is 0.325 e. The van der Waals surface area contributed by atoms with E-state index < -0.39 is 23.2 Å². The van der Waals surface area contributed by atoms with Crippen LogP contribution < -0.4 is 5.32 Å². The Balaban J connectivity index is 1.95. The zero-order valence-electron chi connectivity index (χ0n) is 11.5. The second-order valence-electron chi connectivity index (χ2n) is 5.64. The van der Waals surface area contributed by atoms with E-state index in [0.29, 0.717) is 12.8 Å². The molecule has 3 amide bonds. The summed E-state index contributed by atoms with van der Waals surface area (Å²) in [7, 11) is 0. The zero-order valence-corrected chi connectivity index (χ0v) is 11.5. The molecule has 1 aromatic rings. The molecule has 1 spiro atoms. The first-order valence-electron chi connectivity index (χ1n) is 7.10. The van der Waals surface area contributed by atoms with Gasteiger partial charge in [0, 0.05) is 5.56 Å². The average molecular weight is 294 g/mol. The Kier molecular flexibility index (Phi) is 3.39. The molecule has 21 heavy (non-hydrogen) atoms. The van der Waals surface area contributed by atoms with Gasteiger partial charge < -0.3 is 4.90 Å². The van der Waals surface area contributed by atoms with Crippen LogP contribution in [0.1, 0.15) is 37.7 Å². The van der Waals surface area contributed by atoms with Crippen LogP contribution in [0.5, 0.6) is 0 Å². The number of hydrogen-bond acceptors (Lipinski definition) is 2. The predicted octanol–water partition coefficient (Wildman–Crippen LogP) is 2.72. The minimum Gasteiger partial charge on any atom is -0.305 e. The van der Waals surface area contributed by atoms with Gasteiger partial charge in [-0.25, -0.2) is 13.6 Å². The molecule has 0 atom stereocenters. The molecule has 1 aromatic carbocycles. The fourth-order valence-electron chi connectivity index (χ4n) is 3.30. The van der Waals surface area contributed by atoms with Gasteiger partial charge in [-0.1, -0.05) is 25.3 Å². The Hall–Kier alpha value is -1.98. The van der Waals surface area contributed by atoms with Gasteiger partial charge in [0.25, 0.3) is 5.91 Å². The molecule has 1 saturated carbocycles. The first-order valence-corrected chi connectivity index (χ1v) is 7.10. The predicted molar refractivity (Wildman–Crippen MR) is 71.3 cm³/mol. The Morgan fingerprint density at radius 2 is 1.71 bits per heavy atom. The fourth-order valence-corrected chi connectivity index (χ4v) is 3.30. The van der Waals surface area contributed by atoms with Crippen molar-refractivity contribution in [2.45, 2.75) is 44.2 Å². The van der Waals surface area contributed by atoms with Crippen molar-refractivity contribution in [2.75, 3.05) is 0 Å². The van der Waals surface area contributed by atoms with Crippen LogP contribution in [0.15, 0.2) is 18.2 Å². The number of amides is 3. The summed E-state index contributed by atoms with van der Waals surface area (Å²) in [6.07, 6.45) is 3.75. The summed E-state index contributed by atoms with van der Waals surface area (Å²) >= 11 is 0. The minimum atomic E-state index is -0.940. The Bertz CT molecular complexity index is 577. The van der Waals surface area contributed by atoms with Crippen LogP contribution in [-0.2, 0) is 11.3 Å². The molecule has 3 rings (SSSR count). The van der Waals surface area contributed by atoms with Crippen LogP contribution in [0, 0.1) is 11.6 Å². The number of imide groups is 1. The van der Waals surface area contributed by atoms with Gasteiger partial charge in [-0.3, -0.25) is 10.1 Å². The lowest BCUT2D eigenvalue weighted by molar-refractivity contribution is -0.128.